The standard InChI is InChI=1S/C14H13F3N2S2/c1-19(8-10-3-2-6-21-10)9-4-5-11(13(18)20)12(7-9)14(15,16)17/h2-7H,8H2,1H3,(H2,18,20). The summed E-state index contributed by atoms with van der Waals surface area (Å²) in [5.41, 5.74) is 4.89. The van der Waals surface area contributed by atoms with Crippen molar-refractivity contribution in [2.45, 2.75) is 12.7 Å². The van der Waals surface area contributed by atoms with E-state index >= 15 is 0 Å². The van der Waals surface area contributed by atoms with Crippen LogP contribution in [-0.4, -0.2) is 12.0 Å². The highest BCUT2D eigenvalue weighted by Gasteiger charge is 2.34. The van der Waals surface area contributed by atoms with Crippen LogP contribution in [0.5, 0.6) is 0 Å². The topological polar surface area (TPSA) is 29.3 Å². The quantitative estimate of drug-likeness (QED) is 0.858. The highest BCUT2D eigenvalue weighted by molar-refractivity contribution is 7.80. The number of hydrogen-bond donors (Lipinski definition) is 1. The molecule has 0 saturated heterocycles. The van der Waals surface area contributed by atoms with Crippen LogP contribution < -0.4 is 10.6 Å². The third-order valence-electron chi connectivity index (χ3n) is 2.99. The fourth-order valence-corrected chi connectivity index (χ4v) is 2.88. The fourth-order valence-electron chi connectivity index (χ4n) is 1.95. The lowest BCUT2D eigenvalue weighted by atomic mass is 10.1. The number of nitrogens with zero attached hydrogens (tertiary/aromatic N) is 1. The van der Waals surface area contributed by atoms with Gasteiger partial charge in [-0.1, -0.05) is 18.3 Å². The van der Waals surface area contributed by atoms with Crippen LogP contribution in [0.3, 0.4) is 0 Å². The van der Waals surface area contributed by atoms with Gasteiger partial charge in [0.25, 0.3) is 0 Å². The summed E-state index contributed by atoms with van der Waals surface area (Å²) in [4.78, 5) is 2.57. The van der Waals surface area contributed by atoms with Crippen molar-refractivity contribution in [1.29, 1.82) is 0 Å². The molecule has 2 rings (SSSR count). The number of nitrogens with two attached hydrogens (primary N) is 1. The van der Waals surface area contributed by atoms with Crippen molar-refractivity contribution >= 4 is 34.2 Å². The molecule has 0 aliphatic carbocycles. The average Bonchev–Trinajstić information content (AvgIpc) is 2.89. The zero-order valence-corrected chi connectivity index (χ0v) is 12.8. The summed E-state index contributed by atoms with van der Waals surface area (Å²) in [6, 6.07) is 7.85. The maximum atomic E-state index is 13.1. The van der Waals surface area contributed by atoms with Crippen LogP contribution in [0, 0.1) is 0 Å². The zero-order valence-electron chi connectivity index (χ0n) is 11.1. The summed E-state index contributed by atoms with van der Waals surface area (Å²) >= 11 is 6.25. The van der Waals surface area contributed by atoms with Gasteiger partial charge in [-0.25, -0.2) is 0 Å². The Kier molecular flexibility index (Phi) is 4.53. The first-order valence-electron chi connectivity index (χ1n) is 6.03. The van der Waals surface area contributed by atoms with Crippen molar-refractivity contribution < 1.29 is 13.2 Å². The third-order valence-corrected chi connectivity index (χ3v) is 4.07. The molecule has 0 aliphatic heterocycles. The highest BCUT2D eigenvalue weighted by Crippen LogP contribution is 2.34. The minimum Gasteiger partial charge on any atom is -0.389 e. The van der Waals surface area contributed by atoms with Crippen molar-refractivity contribution in [2.24, 2.45) is 5.73 Å². The maximum Gasteiger partial charge on any atom is 0.417 e. The Morgan fingerprint density at radius 2 is 2.05 bits per heavy atom. The highest BCUT2D eigenvalue weighted by atomic mass is 32.1. The number of benzene rings is 1. The molecule has 7 heteroatoms. The van der Waals surface area contributed by atoms with Gasteiger partial charge in [0, 0.05) is 23.2 Å². The molecule has 0 spiro atoms. The van der Waals surface area contributed by atoms with Gasteiger partial charge in [-0.2, -0.15) is 13.2 Å². The van der Waals surface area contributed by atoms with E-state index in [0.29, 0.717) is 12.2 Å². The SMILES string of the molecule is CN(Cc1cccs1)c1ccc(C(N)=S)c(C(F)(F)F)c1. The lowest BCUT2D eigenvalue weighted by Gasteiger charge is -2.21. The molecule has 0 unspecified atom stereocenters. The van der Waals surface area contributed by atoms with Gasteiger partial charge < -0.3 is 10.6 Å². The molecule has 0 amide bonds. The lowest BCUT2D eigenvalue weighted by molar-refractivity contribution is -0.137. The van der Waals surface area contributed by atoms with E-state index in [1.54, 1.807) is 29.4 Å². The van der Waals surface area contributed by atoms with E-state index in [9.17, 15) is 13.2 Å². The van der Waals surface area contributed by atoms with Crippen LogP contribution in [0.4, 0.5) is 18.9 Å². The molecule has 2 nitrogen and oxygen atoms in total. The van der Waals surface area contributed by atoms with Crippen molar-refractivity contribution in [3.05, 3.63) is 51.7 Å². The van der Waals surface area contributed by atoms with Crippen molar-refractivity contribution in [2.75, 3.05) is 11.9 Å². The molecule has 1 aromatic heterocycles. The Hall–Kier alpha value is -1.60. The molecule has 1 heterocycles. The molecule has 1 aromatic carbocycles. The molecule has 0 aliphatic rings. The fraction of sp³-hybridized carbons (Fsp3) is 0.214. The average molecular weight is 330 g/mol. The predicted octanol–water partition coefficient (Wildman–Crippen LogP) is 4.04. The maximum absolute atomic E-state index is 13.1. The molecular weight excluding hydrogens is 317 g/mol. The molecule has 0 saturated carbocycles. The molecule has 0 atom stereocenters. The van der Waals surface area contributed by atoms with Crippen LogP contribution in [-0.2, 0) is 12.7 Å². The minimum absolute atomic E-state index is 0.147. The Morgan fingerprint density at radius 1 is 1.33 bits per heavy atom. The molecule has 2 N–H and O–H groups in total. The van der Waals surface area contributed by atoms with E-state index in [0.717, 1.165) is 10.9 Å². The van der Waals surface area contributed by atoms with Crippen molar-refractivity contribution in [1.82, 2.24) is 0 Å². The summed E-state index contributed by atoms with van der Waals surface area (Å²) in [5.74, 6) is 0. The normalized spacial score (nSPS) is 11.4. The summed E-state index contributed by atoms with van der Waals surface area (Å²) in [6.45, 7) is 0.543. The van der Waals surface area contributed by atoms with E-state index in [-0.39, 0.29) is 10.6 Å². The number of hydrogen-bond acceptors (Lipinski definition) is 3. The third kappa shape index (κ3) is 3.74. The summed E-state index contributed by atoms with van der Waals surface area (Å²) < 4.78 is 39.3. The van der Waals surface area contributed by atoms with Crippen LogP contribution in [0.25, 0.3) is 0 Å². The monoisotopic (exact) mass is 330 g/mol. The van der Waals surface area contributed by atoms with Crippen LogP contribution >= 0.6 is 23.6 Å². The molecule has 112 valence electrons. The van der Waals surface area contributed by atoms with Gasteiger partial charge in [0.15, 0.2) is 0 Å². The number of rotatable bonds is 4. The number of thiocarbonyl (C=S) groups is 1. The smallest absolute Gasteiger partial charge is 0.389 e. The van der Waals surface area contributed by atoms with E-state index in [2.05, 4.69) is 12.2 Å². The second-order valence-corrected chi connectivity index (χ2v) is 6.00. The van der Waals surface area contributed by atoms with E-state index in [1.165, 1.54) is 6.07 Å². The van der Waals surface area contributed by atoms with Gasteiger partial charge in [0.1, 0.15) is 4.99 Å². The molecular formula is C14H13F3N2S2. The van der Waals surface area contributed by atoms with Gasteiger partial charge in [-0.3, -0.25) is 0 Å². The van der Waals surface area contributed by atoms with Crippen LogP contribution in [0.15, 0.2) is 35.7 Å². The van der Waals surface area contributed by atoms with Crippen LogP contribution in [0.1, 0.15) is 16.0 Å². The van der Waals surface area contributed by atoms with E-state index < -0.39 is 11.7 Å². The first-order chi connectivity index (χ1) is 9.79. The molecule has 0 fully saturated rings. The predicted molar refractivity (Wildman–Crippen MR) is 83.8 cm³/mol. The van der Waals surface area contributed by atoms with Gasteiger partial charge >= 0.3 is 6.18 Å². The Labute approximate surface area is 130 Å². The van der Waals surface area contributed by atoms with Crippen molar-refractivity contribution in [3.8, 4) is 0 Å². The summed E-state index contributed by atoms with van der Waals surface area (Å²) in [6.07, 6.45) is -4.49. The summed E-state index contributed by atoms with van der Waals surface area (Å²) in [5, 5.41) is 1.93. The Balaban J connectivity index is 2.35. The van der Waals surface area contributed by atoms with Gasteiger partial charge in [-0.15, -0.1) is 11.3 Å². The molecule has 2 aromatic rings. The number of anilines is 1. The number of halogens is 3. The van der Waals surface area contributed by atoms with Crippen molar-refractivity contribution in [3.63, 3.8) is 0 Å². The van der Waals surface area contributed by atoms with E-state index in [4.69, 9.17) is 5.73 Å². The second-order valence-electron chi connectivity index (χ2n) is 4.53. The van der Waals surface area contributed by atoms with Gasteiger partial charge in [0.2, 0.25) is 0 Å². The Bertz CT molecular complexity index is 636. The van der Waals surface area contributed by atoms with E-state index in [1.807, 2.05) is 17.5 Å². The number of alkyl halides is 3. The summed E-state index contributed by atoms with van der Waals surface area (Å²) in [7, 11) is 1.75. The van der Waals surface area contributed by atoms with Gasteiger partial charge in [-0.05, 0) is 29.6 Å². The number of thiophene rings is 1. The minimum atomic E-state index is -4.49. The van der Waals surface area contributed by atoms with Crippen LogP contribution in [0.2, 0.25) is 0 Å². The molecule has 0 bridgehead atoms. The largest absolute Gasteiger partial charge is 0.417 e. The zero-order chi connectivity index (χ0) is 15.6. The first-order valence-corrected chi connectivity index (χ1v) is 7.32. The first kappa shape index (κ1) is 15.8. The molecule has 21 heavy (non-hydrogen) atoms. The van der Waals surface area contributed by atoms with Gasteiger partial charge in [0.05, 0.1) is 12.1 Å². The molecule has 0 radical (unpaired) electrons. The second kappa shape index (κ2) is 6.03. The lowest BCUT2D eigenvalue weighted by Crippen LogP contribution is -2.20. The Morgan fingerprint density at radius 3 is 2.57 bits per heavy atom.